The summed E-state index contributed by atoms with van der Waals surface area (Å²) in [4.78, 5) is 15.4. The fraction of sp³-hybridized carbons (Fsp3) is 0.0909. The molecular formula is C11H9NO2S. The first kappa shape index (κ1) is 9.86. The fourth-order valence-corrected chi connectivity index (χ4v) is 2.11. The van der Waals surface area contributed by atoms with E-state index in [4.69, 9.17) is 0 Å². The summed E-state index contributed by atoms with van der Waals surface area (Å²) in [6.07, 6.45) is 2.95. The van der Waals surface area contributed by atoms with Crippen LogP contribution >= 0.6 is 11.3 Å². The van der Waals surface area contributed by atoms with Crippen molar-refractivity contribution < 1.29 is 9.90 Å². The second kappa shape index (κ2) is 4.23. The molecule has 2 rings (SSSR count). The minimum Gasteiger partial charge on any atom is -0.508 e. The smallest absolute Gasteiger partial charge is 0.125 e. The fourth-order valence-electron chi connectivity index (χ4n) is 1.26. The number of aromatic nitrogens is 1. The number of hydrogen-bond acceptors (Lipinski definition) is 4. The molecule has 0 unspecified atom stereocenters. The largest absolute Gasteiger partial charge is 0.508 e. The molecule has 4 heteroatoms. The molecule has 0 amide bonds. The van der Waals surface area contributed by atoms with Crippen molar-refractivity contribution in [2.24, 2.45) is 0 Å². The predicted molar refractivity (Wildman–Crippen MR) is 59.0 cm³/mol. The third kappa shape index (κ3) is 2.22. The average molecular weight is 219 g/mol. The van der Waals surface area contributed by atoms with Gasteiger partial charge in [-0.1, -0.05) is 12.1 Å². The van der Waals surface area contributed by atoms with Gasteiger partial charge in [-0.3, -0.25) is 0 Å². The summed E-state index contributed by atoms with van der Waals surface area (Å²) in [6, 6.07) is 6.92. The van der Waals surface area contributed by atoms with Gasteiger partial charge in [0.1, 0.15) is 17.0 Å². The standard InChI is InChI=1S/C11H9NO2S/c13-5-4-10-7-12-11(15-10)8-2-1-3-9(14)6-8/h1-3,5-7,14H,4H2. The van der Waals surface area contributed by atoms with Gasteiger partial charge in [-0.15, -0.1) is 11.3 Å². The Labute approximate surface area is 91.0 Å². The van der Waals surface area contributed by atoms with Crippen molar-refractivity contribution in [3.05, 3.63) is 35.3 Å². The summed E-state index contributed by atoms with van der Waals surface area (Å²) >= 11 is 1.47. The number of phenolic OH excluding ortho intramolecular Hbond substituents is 1. The molecule has 76 valence electrons. The molecule has 1 heterocycles. The zero-order valence-electron chi connectivity index (χ0n) is 7.88. The topological polar surface area (TPSA) is 50.2 Å². The van der Waals surface area contributed by atoms with Crippen LogP contribution in [0.3, 0.4) is 0 Å². The SMILES string of the molecule is O=CCc1cnc(-c2cccc(O)c2)s1. The van der Waals surface area contributed by atoms with Crippen LogP contribution in [-0.4, -0.2) is 16.4 Å². The molecule has 15 heavy (non-hydrogen) atoms. The summed E-state index contributed by atoms with van der Waals surface area (Å²) in [5.41, 5.74) is 0.872. The quantitative estimate of drug-likeness (QED) is 0.805. The molecule has 0 aliphatic carbocycles. The molecule has 1 aromatic heterocycles. The van der Waals surface area contributed by atoms with E-state index in [1.54, 1.807) is 24.4 Å². The van der Waals surface area contributed by atoms with E-state index in [2.05, 4.69) is 4.98 Å². The number of carbonyl (C=O) groups excluding carboxylic acids is 1. The zero-order chi connectivity index (χ0) is 10.7. The van der Waals surface area contributed by atoms with Crippen LogP contribution in [-0.2, 0) is 11.2 Å². The normalized spacial score (nSPS) is 10.1. The van der Waals surface area contributed by atoms with Crippen molar-refractivity contribution in [3.63, 3.8) is 0 Å². The average Bonchev–Trinajstić information content (AvgIpc) is 2.67. The number of rotatable bonds is 3. The Bertz CT molecular complexity index is 479. The maximum absolute atomic E-state index is 10.3. The third-order valence-corrected chi connectivity index (χ3v) is 3.00. The van der Waals surface area contributed by atoms with Crippen molar-refractivity contribution in [2.75, 3.05) is 0 Å². The van der Waals surface area contributed by atoms with Crippen LogP contribution in [0, 0.1) is 0 Å². The van der Waals surface area contributed by atoms with Gasteiger partial charge in [-0.05, 0) is 12.1 Å². The lowest BCUT2D eigenvalue weighted by Crippen LogP contribution is -1.76. The highest BCUT2D eigenvalue weighted by molar-refractivity contribution is 7.15. The van der Waals surface area contributed by atoms with E-state index >= 15 is 0 Å². The van der Waals surface area contributed by atoms with Crippen molar-refractivity contribution >= 4 is 17.6 Å². The van der Waals surface area contributed by atoms with Crippen molar-refractivity contribution in [1.82, 2.24) is 4.98 Å². The van der Waals surface area contributed by atoms with Gasteiger partial charge in [0.2, 0.25) is 0 Å². The second-order valence-electron chi connectivity index (χ2n) is 3.05. The lowest BCUT2D eigenvalue weighted by molar-refractivity contribution is -0.107. The van der Waals surface area contributed by atoms with E-state index in [0.29, 0.717) is 6.42 Å². The molecule has 0 fully saturated rings. The highest BCUT2D eigenvalue weighted by Gasteiger charge is 2.04. The van der Waals surface area contributed by atoms with Gasteiger partial charge in [0.25, 0.3) is 0 Å². The van der Waals surface area contributed by atoms with Gasteiger partial charge in [-0.25, -0.2) is 4.98 Å². The van der Waals surface area contributed by atoms with Crippen molar-refractivity contribution in [3.8, 4) is 16.3 Å². The molecule has 0 saturated heterocycles. The van der Waals surface area contributed by atoms with Gasteiger partial charge in [0, 0.05) is 23.1 Å². The first-order valence-corrected chi connectivity index (χ1v) is 5.29. The molecule has 1 aromatic carbocycles. The molecule has 0 aliphatic heterocycles. The molecule has 0 radical (unpaired) electrons. The molecule has 0 bridgehead atoms. The second-order valence-corrected chi connectivity index (χ2v) is 4.17. The van der Waals surface area contributed by atoms with Gasteiger partial charge in [0.15, 0.2) is 0 Å². The Morgan fingerprint density at radius 3 is 3.07 bits per heavy atom. The summed E-state index contributed by atoms with van der Waals surface area (Å²) in [5, 5.41) is 10.1. The van der Waals surface area contributed by atoms with Crippen LogP contribution in [0.25, 0.3) is 10.6 Å². The summed E-state index contributed by atoms with van der Waals surface area (Å²) in [6.45, 7) is 0. The molecule has 3 nitrogen and oxygen atoms in total. The van der Waals surface area contributed by atoms with Crippen LogP contribution in [0.1, 0.15) is 4.88 Å². The number of aldehydes is 1. The van der Waals surface area contributed by atoms with Gasteiger partial charge in [0.05, 0.1) is 0 Å². The van der Waals surface area contributed by atoms with Gasteiger partial charge >= 0.3 is 0 Å². The van der Waals surface area contributed by atoms with E-state index < -0.39 is 0 Å². The Morgan fingerprint density at radius 2 is 2.33 bits per heavy atom. The van der Waals surface area contributed by atoms with E-state index in [0.717, 1.165) is 21.7 Å². The van der Waals surface area contributed by atoms with E-state index in [1.165, 1.54) is 11.3 Å². The van der Waals surface area contributed by atoms with Crippen LogP contribution in [0.15, 0.2) is 30.5 Å². The number of aromatic hydroxyl groups is 1. The Balaban J connectivity index is 2.32. The van der Waals surface area contributed by atoms with E-state index in [9.17, 15) is 9.90 Å². The van der Waals surface area contributed by atoms with Crippen molar-refractivity contribution in [1.29, 1.82) is 0 Å². The first-order chi connectivity index (χ1) is 7.29. The molecule has 0 spiro atoms. The molecular weight excluding hydrogens is 210 g/mol. The monoisotopic (exact) mass is 219 g/mol. The molecule has 0 saturated carbocycles. The van der Waals surface area contributed by atoms with Crippen LogP contribution < -0.4 is 0 Å². The Kier molecular flexibility index (Phi) is 2.78. The molecule has 2 aromatic rings. The van der Waals surface area contributed by atoms with Crippen LogP contribution in [0.4, 0.5) is 0 Å². The number of thiazole rings is 1. The number of benzene rings is 1. The zero-order valence-corrected chi connectivity index (χ0v) is 8.70. The predicted octanol–water partition coefficient (Wildman–Crippen LogP) is 2.26. The first-order valence-electron chi connectivity index (χ1n) is 4.47. The number of phenols is 1. The van der Waals surface area contributed by atoms with Gasteiger partial charge < -0.3 is 9.90 Å². The summed E-state index contributed by atoms with van der Waals surface area (Å²) < 4.78 is 0. The molecule has 0 aliphatic rings. The highest BCUT2D eigenvalue weighted by atomic mass is 32.1. The van der Waals surface area contributed by atoms with Crippen LogP contribution in [0.5, 0.6) is 5.75 Å². The maximum Gasteiger partial charge on any atom is 0.125 e. The number of hydrogen-bond donors (Lipinski definition) is 1. The highest BCUT2D eigenvalue weighted by Crippen LogP contribution is 2.27. The summed E-state index contributed by atoms with van der Waals surface area (Å²) in [5.74, 6) is 0.222. The third-order valence-electron chi connectivity index (χ3n) is 1.93. The Hall–Kier alpha value is -1.68. The molecule has 1 N–H and O–H groups in total. The lowest BCUT2D eigenvalue weighted by atomic mass is 10.2. The minimum absolute atomic E-state index is 0.222. The van der Waals surface area contributed by atoms with Crippen LogP contribution in [0.2, 0.25) is 0 Å². The van der Waals surface area contributed by atoms with Crippen molar-refractivity contribution in [2.45, 2.75) is 6.42 Å². The minimum atomic E-state index is 0.222. The summed E-state index contributed by atoms with van der Waals surface area (Å²) in [7, 11) is 0. The lowest BCUT2D eigenvalue weighted by Gasteiger charge is -1.96. The van der Waals surface area contributed by atoms with Gasteiger partial charge in [-0.2, -0.15) is 0 Å². The molecule has 0 atom stereocenters. The Morgan fingerprint density at radius 1 is 1.47 bits per heavy atom. The van der Waals surface area contributed by atoms with E-state index in [-0.39, 0.29) is 5.75 Å². The number of nitrogens with zero attached hydrogens (tertiary/aromatic N) is 1. The number of carbonyl (C=O) groups is 1. The van der Waals surface area contributed by atoms with E-state index in [1.807, 2.05) is 6.07 Å². The maximum atomic E-state index is 10.3.